The van der Waals surface area contributed by atoms with Gasteiger partial charge >= 0.3 is 0 Å². The Morgan fingerprint density at radius 1 is 1.00 bits per heavy atom. The summed E-state index contributed by atoms with van der Waals surface area (Å²) >= 11 is 15.9. The van der Waals surface area contributed by atoms with Gasteiger partial charge in [0.15, 0.2) is 0 Å². The van der Waals surface area contributed by atoms with Gasteiger partial charge in [-0.05, 0) is 35.7 Å². The van der Waals surface area contributed by atoms with Crippen LogP contribution in [0.5, 0.6) is 0 Å². The molecule has 0 saturated heterocycles. The van der Waals surface area contributed by atoms with Crippen molar-refractivity contribution in [2.45, 2.75) is 12.3 Å². The van der Waals surface area contributed by atoms with Crippen molar-refractivity contribution in [2.24, 2.45) is 0 Å². The summed E-state index contributed by atoms with van der Waals surface area (Å²) in [7, 11) is 0. The zero-order valence-electron chi connectivity index (χ0n) is 10.1. The second-order valence-corrected chi connectivity index (χ2v) is 5.97. The summed E-state index contributed by atoms with van der Waals surface area (Å²) in [5, 5.41) is 10.9. The Morgan fingerprint density at radius 3 is 2.21 bits per heavy atom. The molecule has 1 atom stereocenters. The normalized spacial score (nSPS) is 12.4. The van der Waals surface area contributed by atoms with E-state index in [1.165, 1.54) is 0 Å². The molecule has 4 heteroatoms. The highest BCUT2D eigenvalue weighted by molar-refractivity contribution is 9.10. The van der Waals surface area contributed by atoms with Crippen LogP contribution in [0.15, 0.2) is 46.9 Å². The Hall–Kier alpha value is -0.540. The first-order chi connectivity index (χ1) is 9.13. The first-order valence-electron chi connectivity index (χ1n) is 5.91. The van der Waals surface area contributed by atoms with E-state index in [0.29, 0.717) is 16.5 Å². The molecule has 0 aliphatic carbocycles. The predicted molar refractivity (Wildman–Crippen MR) is 84.1 cm³/mol. The highest BCUT2D eigenvalue weighted by atomic mass is 79.9. The molecule has 0 bridgehead atoms. The van der Waals surface area contributed by atoms with Gasteiger partial charge in [0.1, 0.15) is 0 Å². The SMILES string of the molecule is OCC(Cc1c(Cl)cccc1Cl)c1ccccc1Br. The minimum atomic E-state index is -0.0343. The van der Waals surface area contributed by atoms with Crippen LogP contribution < -0.4 is 0 Å². The third-order valence-electron chi connectivity index (χ3n) is 3.08. The van der Waals surface area contributed by atoms with Crippen LogP contribution in [0.4, 0.5) is 0 Å². The van der Waals surface area contributed by atoms with Gasteiger partial charge < -0.3 is 5.11 Å². The lowest BCUT2D eigenvalue weighted by atomic mass is 9.92. The van der Waals surface area contributed by atoms with Gasteiger partial charge in [0.05, 0.1) is 6.61 Å². The highest BCUT2D eigenvalue weighted by Gasteiger charge is 2.17. The van der Waals surface area contributed by atoms with E-state index in [9.17, 15) is 5.11 Å². The van der Waals surface area contributed by atoms with Crippen LogP contribution in [-0.2, 0) is 6.42 Å². The lowest BCUT2D eigenvalue weighted by Gasteiger charge is -2.18. The standard InChI is InChI=1S/C15H13BrCl2O/c16-13-5-2-1-4-11(13)10(9-19)8-12-14(17)6-3-7-15(12)18/h1-7,10,19H,8-9H2. The second kappa shape index (κ2) is 6.76. The van der Waals surface area contributed by atoms with Crippen LogP contribution in [0, 0.1) is 0 Å². The summed E-state index contributed by atoms with van der Waals surface area (Å²) in [5.74, 6) is -0.0343. The van der Waals surface area contributed by atoms with E-state index >= 15 is 0 Å². The molecule has 1 unspecified atom stereocenters. The molecule has 0 spiro atoms. The van der Waals surface area contributed by atoms with Crippen molar-refractivity contribution in [3.63, 3.8) is 0 Å². The van der Waals surface area contributed by atoms with Crippen molar-refractivity contribution >= 4 is 39.1 Å². The first-order valence-corrected chi connectivity index (χ1v) is 7.46. The molecular formula is C15H13BrCl2O. The number of halogens is 3. The number of aliphatic hydroxyl groups excluding tert-OH is 1. The van der Waals surface area contributed by atoms with E-state index in [-0.39, 0.29) is 12.5 Å². The van der Waals surface area contributed by atoms with E-state index in [0.717, 1.165) is 15.6 Å². The van der Waals surface area contributed by atoms with Gasteiger partial charge in [-0.3, -0.25) is 0 Å². The maximum Gasteiger partial charge on any atom is 0.0503 e. The molecule has 1 N–H and O–H groups in total. The molecule has 0 aromatic heterocycles. The van der Waals surface area contributed by atoms with Gasteiger partial charge in [0.25, 0.3) is 0 Å². The molecule has 0 aliphatic rings. The van der Waals surface area contributed by atoms with Crippen LogP contribution in [0.1, 0.15) is 17.0 Å². The first kappa shape index (κ1) is 14.9. The van der Waals surface area contributed by atoms with Crippen LogP contribution >= 0.6 is 39.1 Å². The number of rotatable bonds is 4. The third-order valence-corrected chi connectivity index (χ3v) is 4.51. The minimum Gasteiger partial charge on any atom is -0.396 e. The molecular weight excluding hydrogens is 347 g/mol. The van der Waals surface area contributed by atoms with Crippen LogP contribution in [0.25, 0.3) is 0 Å². The monoisotopic (exact) mass is 358 g/mol. The average molecular weight is 360 g/mol. The van der Waals surface area contributed by atoms with Gasteiger partial charge in [0, 0.05) is 20.4 Å². The minimum absolute atomic E-state index is 0.0343. The number of benzene rings is 2. The molecule has 100 valence electrons. The van der Waals surface area contributed by atoms with Crippen molar-refractivity contribution in [1.29, 1.82) is 0 Å². The van der Waals surface area contributed by atoms with Crippen molar-refractivity contribution in [3.8, 4) is 0 Å². The Kier molecular flexibility index (Phi) is 5.28. The molecule has 2 aromatic rings. The van der Waals surface area contributed by atoms with Crippen molar-refractivity contribution < 1.29 is 5.11 Å². The maximum absolute atomic E-state index is 9.64. The van der Waals surface area contributed by atoms with Crippen LogP contribution in [0.3, 0.4) is 0 Å². The fraction of sp³-hybridized carbons (Fsp3) is 0.200. The zero-order chi connectivity index (χ0) is 13.8. The molecule has 19 heavy (non-hydrogen) atoms. The molecule has 0 saturated carbocycles. The van der Waals surface area contributed by atoms with Gasteiger partial charge in [-0.1, -0.05) is 63.4 Å². The van der Waals surface area contributed by atoms with Gasteiger partial charge in [-0.25, -0.2) is 0 Å². The quantitative estimate of drug-likeness (QED) is 0.807. The lowest BCUT2D eigenvalue weighted by molar-refractivity contribution is 0.264. The summed E-state index contributed by atoms with van der Waals surface area (Å²) in [6.45, 7) is 0.0458. The largest absolute Gasteiger partial charge is 0.396 e. The zero-order valence-corrected chi connectivity index (χ0v) is 13.2. The van der Waals surface area contributed by atoms with E-state index in [1.807, 2.05) is 42.5 Å². The van der Waals surface area contributed by atoms with E-state index < -0.39 is 0 Å². The Bertz CT molecular complexity index is 552. The number of hydrogen-bond acceptors (Lipinski definition) is 1. The molecule has 0 amide bonds. The van der Waals surface area contributed by atoms with E-state index in [1.54, 1.807) is 0 Å². The molecule has 0 fully saturated rings. The Morgan fingerprint density at radius 2 is 1.63 bits per heavy atom. The maximum atomic E-state index is 9.64. The fourth-order valence-corrected chi connectivity index (χ4v) is 3.21. The fourth-order valence-electron chi connectivity index (χ4n) is 2.05. The summed E-state index contributed by atoms with van der Waals surface area (Å²) in [6.07, 6.45) is 0.609. The average Bonchev–Trinajstić information content (AvgIpc) is 2.40. The molecule has 2 rings (SSSR count). The Labute approximate surface area is 131 Å². The smallest absolute Gasteiger partial charge is 0.0503 e. The van der Waals surface area contributed by atoms with Crippen LogP contribution in [0.2, 0.25) is 10.0 Å². The van der Waals surface area contributed by atoms with E-state index in [4.69, 9.17) is 23.2 Å². The lowest BCUT2D eigenvalue weighted by Crippen LogP contribution is -2.09. The topological polar surface area (TPSA) is 20.2 Å². The summed E-state index contributed by atoms with van der Waals surface area (Å²) in [6, 6.07) is 13.3. The number of hydrogen-bond donors (Lipinski definition) is 1. The van der Waals surface area contributed by atoms with Crippen molar-refractivity contribution in [2.75, 3.05) is 6.61 Å². The van der Waals surface area contributed by atoms with Crippen molar-refractivity contribution in [3.05, 3.63) is 68.1 Å². The number of aliphatic hydroxyl groups is 1. The molecule has 0 aliphatic heterocycles. The molecule has 2 aromatic carbocycles. The molecule has 0 radical (unpaired) electrons. The second-order valence-electron chi connectivity index (χ2n) is 4.31. The van der Waals surface area contributed by atoms with Crippen LogP contribution in [-0.4, -0.2) is 11.7 Å². The highest BCUT2D eigenvalue weighted by Crippen LogP contribution is 2.32. The van der Waals surface area contributed by atoms with Gasteiger partial charge in [-0.15, -0.1) is 0 Å². The molecule has 0 heterocycles. The van der Waals surface area contributed by atoms with Crippen molar-refractivity contribution in [1.82, 2.24) is 0 Å². The van der Waals surface area contributed by atoms with Gasteiger partial charge in [-0.2, -0.15) is 0 Å². The summed E-state index contributed by atoms with van der Waals surface area (Å²) in [4.78, 5) is 0. The Balaban J connectivity index is 2.32. The predicted octanol–water partition coefficient (Wildman–Crippen LogP) is 5.07. The summed E-state index contributed by atoms with van der Waals surface area (Å²) < 4.78 is 0.984. The molecule has 1 nitrogen and oxygen atoms in total. The third kappa shape index (κ3) is 3.51. The van der Waals surface area contributed by atoms with Gasteiger partial charge in [0.2, 0.25) is 0 Å². The van der Waals surface area contributed by atoms with E-state index in [2.05, 4.69) is 15.9 Å². The summed E-state index contributed by atoms with van der Waals surface area (Å²) in [5.41, 5.74) is 1.93.